The fourth-order valence-electron chi connectivity index (χ4n) is 3.59. The Kier molecular flexibility index (Phi) is 6.80. The van der Waals surface area contributed by atoms with Gasteiger partial charge in [0.05, 0.1) is 4.90 Å². The average molecular weight is 453 g/mol. The molecule has 2 aliphatic heterocycles. The molecule has 0 atom stereocenters. The van der Waals surface area contributed by atoms with Gasteiger partial charge in [-0.05, 0) is 74.8 Å². The molecule has 2 saturated heterocycles. The summed E-state index contributed by atoms with van der Waals surface area (Å²) < 4.78 is 44.9. The highest BCUT2D eigenvalue weighted by Crippen LogP contribution is 2.38. The van der Waals surface area contributed by atoms with Crippen LogP contribution in [0.5, 0.6) is 5.75 Å². The van der Waals surface area contributed by atoms with Crippen molar-refractivity contribution >= 4 is 27.9 Å². The van der Waals surface area contributed by atoms with Gasteiger partial charge in [0.2, 0.25) is 0 Å². The minimum absolute atomic E-state index is 0.149. The zero-order valence-corrected chi connectivity index (χ0v) is 17.2. The van der Waals surface area contributed by atoms with Crippen LogP contribution in [-0.4, -0.2) is 47.8 Å². The normalized spacial score (nSPS) is 21.9. The van der Waals surface area contributed by atoms with Crippen LogP contribution in [0.1, 0.15) is 32.6 Å². The maximum absolute atomic E-state index is 12.7. The Balaban J connectivity index is 1.56. The smallest absolute Gasteiger partial charge is 0.405 e. The number of hydrogen-bond acceptors (Lipinski definition) is 4. The van der Waals surface area contributed by atoms with E-state index in [1.165, 1.54) is 43.9 Å². The Labute approximate surface area is 165 Å². The molecule has 3 nitrogen and oxygen atoms in total. The van der Waals surface area contributed by atoms with E-state index in [1.807, 2.05) is 0 Å². The Morgan fingerprint density at radius 3 is 2.35 bits per heavy atom. The Hall–Kier alpha value is -0.440. The van der Waals surface area contributed by atoms with E-state index in [-0.39, 0.29) is 5.75 Å². The highest BCUT2D eigenvalue weighted by atomic mass is 79.9. The third-order valence-corrected chi connectivity index (χ3v) is 6.77. The largest absolute Gasteiger partial charge is 0.573 e. The van der Waals surface area contributed by atoms with Crippen molar-refractivity contribution in [2.45, 2.75) is 49.9 Å². The summed E-state index contributed by atoms with van der Waals surface area (Å²) >= 11 is 4.57. The molecule has 0 N–H and O–H groups in total. The SMILES string of the molecule is CC1CCN(C2CCN(Sc3ccc(Br)cc3OC(F)(F)F)CC2)CC1. The molecular formula is C18H24BrF3N2OS. The van der Waals surface area contributed by atoms with Crippen molar-refractivity contribution in [1.29, 1.82) is 0 Å². The number of alkyl halides is 3. The molecule has 1 aromatic rings. The van der Waals surface area contributed by atoms with Crippen molar-refractivity contribution in [2.24, 2.45) is 5.92 Å². The van der Waals surface area contributed by atoms with Crippen LogP contribution < -0.4 is 4.74 Å². The molecule has 0 aliphatic carbocycles. The highest BCUT2D eigenvalue weighted by Gasteiger charge is 2.33. The second-order valence-corrected chi connectivity index (χ2v) is 9.16. The van der Waals surface area contributed by atoms with Gasteiger partial charge in [-0.15, -0.1) is 13.2 Å². The second-order valence-electron chi connectivity index (χ2n) is 7.11. The fourth-order valence-corrected chi connectivity index (χ4v) is 4.92. The lowest BCUT2D eigenvalue weighted by Gasteiger charge is -2.41. The number of ether oxygens (including phenoxy) is 1. The van der Waals surface area contributed by atoms with E-state index in [2.05, 4.69) is 36.8 Å². The summed E-state index contributed by atoms with van der Waals surface area (Å²) in [5, 5.41) is 0. The average Bonchev–Trinajstić information content (AvgIpc) is 2.57. The van der Waals surface area contributed by atoms with Crippen LogP contribution in [0.25, 0.3) is 0 Å². The van der Waals surface area contributed by atoms with Crippen molar-refractivity contribution in [1.82, 2.24) is 9.21 Å². The molecule has 2 fully saturated rings. The number of halogens is 4. The van der Waals surface area contributed by atoms with E-state index in [1.54, 1.807) is 12.1 Å². The predicted molar refractivity (Wildman–Crippen MR) is 101 cm³/mol. The quantitative estimate of drug-likeness (QED) is 0.556. The molecule has 1 aromatic carbocycles. The van der Waals surface area contributed by atoms with Gasteiger partial charge in [-0.25, -0.2) is 4.31 Å². The number of nitrogens with zero attached hydrogens (tertiary/aromatic N) is 2. The van der Waals surface area contributed by atoms with E-state index in [0.29, 0.717) is 15.4 Å². The highest BCUT2D eigenvalue weighted by molar-refractivity contribution is 9.10. The molecule has 3 rings (SSSR count). The summed E-state index contributed by atoms with van der Waals surface area (Å²) in [5.74, 6) is 0.676. The van der Waals surface area contributed by atoms with Crippen LogP contribution in [0, 0.1) is 5.92 Å². The predicted octanol–water partition coefficient (Wildman–Crippen LogP) is 5.55. The van der Waals surface area contributed by atoms with Crippen LogP contribution in [0.2, 0.25) is 0 Å². The van der Waals surface area contributed by atoms with Crippen LogP contribution in [0.15, 0.2) is 27.6 Å². The van der Waals surface area contributed by atoms with Gasteiger partial charge in [0.15, 0.2) is 0 Å². The summed E-state index contributed by atoms with van der Waals surface area (Å²) in [7, 11) is 0. The van der Waals surface area contributed by atoms with Gasteiger partial charge in [-0.3, -0.25) is 0 Å². The lowest BCUT2D eigenvalue weighted by atomic mass is 9.95. The van der Waals surface area contributed by atoms with E-state index in [0.717, 1.165) is 31.8 Å². The van der Waals surface area contributed by atoms with Crippen LogP contribution in [-0.2, 0) is 0 Å². The van der Waals surface area contributed by atoms with Crippen molar-refractivity contribution in [3.8, 4) is 5.75 Å². The van der Waals surface area contributed by atoms with E-state index in [9.17, 15) is 13.2 Å². The molecule has 2 heterocycles. The molecule has 0 radical (unpaired) electrons. The summed E-state index contributed by atoms with van der Waals surface area (Å²) in [6.45, 7) is 6.42. The molecule has 146 valence electrons. The van der Waals surface area contributed by atoms with Gasteiger partial charge in [-0.2, -0.15) is 0 Å². The van der Waals surface area contributed by atoms with Gasteiger partial charge in [0.1, 0.15) is 5.75 Å². The minimum atomic E-state index is -4.69. The van der Waals surface area contributed by atoms with Crippen LogP contribution in [0.4, 0.5) is 13.2 Å². The molecule has 0 bridgehead atoms. The first-order valence-electron chi connectivity index (χ1n) is 9.02. The van der Waals surface area contributed by atoms with Gasteiger partial charge in [0, 0.05) is 23.6 Å². The first kappa shape index (κ1) is 20.3. The minimum Gasteiger partial charge on any atom is -0.405 e. The van der Waals surface area contributed by atoms with E-state index < -0.39 is 6.36 Å². The molecule has 26 heavy (non-hydrogen) atoms. The maximum Gasteiger partial charge on any atom is 0.573 e. The van der Waals surface area contributed by atoms with E-state index in [4.69, 9.17) is 0 Å². The Morgan fingerprint density at radius 2 is 1.73 bits per heavy atom. The van der Waals surface area contributed by atoms with Gasteiger partial charge in [0.25, 0.3) is 0 Å². The first-order chi connectivity index (χ1) is 12.3. The van der Waals surface area contributed by atoms with Gasteiger partial charge >= 0.3 is 6.36 Å². The molecule has 0 aromatic heterocycles. The summed E-state index contributed by atoms with van der Waals surface area (Å²) in [5.41, 5.74) is 0. The number of likely N-dealkylation sites (tertiary alicyclic amines) is 1. The number of piperidine rings is 2. The Bertz CT molecular complexity index is 601. The summed E-state index contributed by atoms with van der Waals surface area (Å²) in [4.78, 5) is 3.09. The number of benzene rings is 1. The molecule has 2 aliphatic rings. The molecular weight excluding hydrogens is 429 g/mol. The third kappa shape index (κ3) is 5.78. The van der Waals surface area contributed by atoms with Crippen LogP contribution >= 0.6 is 27.9 Å². The Morgan fingerprint density at radius 1 is 1.08 bits per heavy atom. The summed E-state index contributed by atoms with van der Waals surface area (Å²) in [6.07, 6.45) is -0.0206. The van der Waals surface area contributed by atoms with E-state index >= 15 is 0 Å². The van der Waals surface area contributed by atoms with Crippen molar-refractivity contribution in [3.63, 3.8) is 0 Å². The third-order valence-electron chi connectivity index (χ3n) is 5.12. The van der Waals surface area contributed by atoms with Gasteiger partial charge in [-0.1, -0.05) is 22.9 Å². The molecule has 0 spiro atoms. The lowest BCUT2D eigenvalue weighted by Crippen LogP contribution is -2.46. The van der Waals surface area contributed by atoms with Crippen molar-refractivity contribution < 1.29 is 17.9 Å². The topological polar surface area (TPSA) is 15.7 Å². The maximum atomic E-state index is 12.7. The zero-order valence-electron chi connectivity index (χ0n) is 14.8. The molecule has 0 unspecified atom stereocenters. The van der Waals surface area contributed by atoms with Crippen LogP contribution in [0.3, 0.4) is 0 Å². The zero-order chi connectivity index (χ0) is 18.7. The second kappa shape index (κ2) is 8.71. The number of rotatable bonds is 4. The fraction of sp³-hybridized carbons (Fsp3) is 0.667. The monoisotopic (exact) mass is 452 g/mol. The number of hydrogen-bond donors (Lipinski definition) is 0. The van der Waals surface area contributed by atoms with Gasteiger partial charge < -0.3 is 9.64 Å². The van der Waals surface area contributed by atoms with Crippen molar-refractivity contribution in [2.75, 3.05) is 26.2 Å². The standard InChI is InChI=1S/C18H24BrF3N2OS/c1-13-4-8-23(9-5-13)15-6-10-24(11-7-15)26-17-3-2-14(19)12-16(17)25-18(20,21)22/h2-3,12-13,15H,4-11H2,1H3. The summed E-state index contributed by atoms with van der Waals surface area (Å²) in [6, 6.07) is 5.40. The lowest BCUT2D eigenvalue weighted by molar-refractivity contribution is -0.275. The van der Waals surface area contributed by atoms with Crippen molar-refractivity contribution in [3.05, 3.63) is 22.7 Å². The molecule has 0 amide bonds. The molecule has 8 heteroatoms. The molecule has 0 saturated carbocycles. The first-order valence-corrected chi connectivity index (χ1v) is 10.6.